The summed E-state index contributed by atoms with van der Waals surface area (Å²) in [6.45, 7) is 2.38. The summed E-state index contributed by atoms with van der Waals surface area (Å²) in [5.41, 5.74) is 0.831. The molecular weight excluding hydrogens is 418 g/mol. The van der Waals surface area contributed by atoms with Crippen LogP contribution in [-0.4, -0.2) is 59.4 Å². The third kappa shape index (κ3) is 3.68. The molecule has 1 unspecified atom stereocenters. The van der Waals surface area contributed by atoms with E-state index in [4.69, 9.17) is 31.6 Å². The summed E-state index contributed by atoms with van der Waals surface area (Å²) in [6, 6.07) is 15.6. The lowest BCUT2D eigenvalue weighted by Gasteiger charge is -2.53. The van der Waals surface area contributed by atoms with Gasteiger partial charge in [0.15, 0.2) is 6.29 Å². The SMILES string of the molecule is CC1OC[C@H]2O[C@@H]([S-])[C@H](N3C(=O)c4ccccc4C3=O)[C@@H](OCc3ccccc3)[C@H]2O1. The molecule has 6 atom stereocenters. The first-order valence-corrected chi connectivity index (χ1v) is 10.7. The Morgan fingerprint density at radius 2 is 1.65 bits per heavy atom. The van der Waals surface area contributed by atoms with Crippen LogP contribution in [0.2, 0.25) is 0 Å². The number of imide groups is 1. The third-order valence-corrected chi connectivity index (χ3v) is 6.26. The molecule has 0 spiro atoms. The number of benzene rings is 2. The summed E-state index contributed by atoms with van der Waals surface area (Å²) in [5.74, 6) is -0.785. The highest BCUT2D eigenvalue weighted by molar-refractivity contribution is 7.59. The zero-order valence-electron chi connectivity index (χ0n) is 16.9. The van der Waals surface area contributed by atoms with E-state index in [-0.39, 0.29) is 6.61 Å². The van der Waals surface area contributed by atoms with Crippen LogP contribution in [0.5, 0.6) is 0 Å². The monoisotopic (exact) mass is 440 g/mol. The molecule has 31 heavy (non-hydrogen) atoms. The molecule has 3 heterocycles. The molecule has 8 heteroatoms. The molecule has 2 amide bonds. The second-order valence-electron chi connectivity index (χ2n) is 7.82. The van der Waals surface area contributed by atoms with Crippen LogP contribution >= 0.6 is 0 Å². The Bertz CT molecular complexity index is 950. The largest absolute Gasteiger partial charge is 0.759 e. The minimum atomic E-state index is -0.857. The minimum Gasteiger partial charge on any atom is -0.759 e. The van der Waals surface area contributed by atoms with E-state index in [0.29, 0.717) is 17.7 Å². The van der Waals surface area contributed by atoms with Gasteiger partial charge in [0.25, 0.3) is 11.8 Å². The van der Waals surface area contributed by atoms with Gasteiger partial charge in [-0.15, -0.1) is 0 Å². The molecule has 2 aromatic rings. The van der Waals surface area contributed by atoms with Crippen LogP contribution in [-0.2, 0) is 38.2 Å². The van der Waals surface area contributed by atoms with Crippen molar-refractivity contribution in [3.63, 3.8) is 0 Å². The first-order valence-electron chi connectivity index (χ1n) is 10.3. The zero-order chi connectivity index (χ0) is 21.5. The molecule has 0 saturated carbocycles. The van der Waals surface area contributed by atoms with Gasteiger partial charge in [-0.25, -0.2) is 0 Å². The predicted octanol–water partition coefficient (Wildman–Crippen LogP) is 2.27. The van der Waals surface area contributed by atoms with E-state index >= 15 is 0 Å². The lowest BCUT2D eigenvalue weighted by molar-refractivity contribution is -0.307. The quantitative estimate of drug-likeness (QED) is 0.533. The average molecular weight is 440 g/mol. The number of hydrogen-bond donors (Lipinski definition) is 0. The molecule has 0 radical (unpaired) electrons. The number of hydrogen-bond acceptors (Lipinski definition) is 7. The predicted molar refractivity (Wildman–Crippen MR) is 112 cm³/mol. The summed E-state index contributed by atoms with van der Waals surface area (Å²) < 4.78 is 23.9. The van der Waals surface area contributed by atoms with Crippen LogP contribution in [0.15, 0.2) is 54.6 Å². The maximum absolute atomic E-state index is 13.2. The van der Waals surface area contributed by atoms with Gasteiger partial charge in [0, 0.05) is 0 Å². The van der Waals surface area contributed by atoms with Crippen molar-refractivity contribution in [1.82, 2.24) is 4.90 Å². The number of rotatable bonds is 4. The third-order valence-electron chi connectivity index (χ3n) is 5.87. The van der Waals surface area contributed by atoms with E-state index < -0.39 is 47.9 Å². The van der Waals surface area contributed by atoms with Crippen molar-refractivity contribution in [2.75, 3.05) is 6.61 Å². The Labute approximate surface area is 185 Å². The highest BCUT2D eigenvalue weighted by Gasteiger charge is 2.52. The van der Waals surface area contributed by atoms with Gasteiger partial charge in [-0.05, 0) is 30.1 Å². The van der Waals surface area contributed by atoms with E-state index in [9.17, 15) is 9.59 Å². The van der Waals surface area contributed by atoms with Crippen molar-refractivity contribution < 1.29 is 28.5 Å². The standard InChI is InChI=1S/C23H23NO6S/c1-13-27-12-17-19(29-13)20(28-11-14-7-3-2-4-8-14)18(23(31)30-17)24-21(25)15-9-5-6-10-16(15)22(24)26/h2-10,13,17-20,23,31H,11-12H2,1H3/p-1/t13?,17-,18-,19+,20-,23+/m1/s1. The molecule has 3 aliphatic heterocycles. The molecule has 5 rings (SSSR count). The lowest BCUT2D eigenvalue weighted by Crippen LogP contribution is -2.67. The summed E-state index contributed by atoms with van der Waals surface area (Å²) >= 11 is 5.61. The summed E-state index contributed by atoms with van der Waals surface area (Å²) in [4.78, 5) is 27.5. The van der Waals surface area contributed by atoms with Crippen LogP contribution in [0, 0.1) is 0 Å². The van der Waals surface area contributed by atoms with Gasteiger partial charge in [0.1, 0.15) is 18.3 Å². The van der Waals surface area contributed by atoms with Crippen LogP contribution < -0.4 is 0 Å². The molecule has 0 N–H and O–H groups in total. The van der Waals surface area contributed by atoms with Crippen LogP contribution in [0.1, 0.15) is 33.2 Å². The van der Waals surface area contributed by atoms with Crippen molar-refractivity contribution in [3.05, 3.63) is 71.3 Å². The van der Waals surface area contributed by atoms with Crippen molar-refractivity contribution in [3.8, 4) is 0 Å². The molecule has 7 nitrogen and oxygen atoms in total. The Balaban J connectivity index is 1.49. The molecule has 162 valence electrons. The molecule has 0 bridgehead atoms. The summed E-state index contributed by atoms with van der Waals surface area (Å²) in [5, 5.41) is 0. The van der Waals surface area contributed by atoms with Crippen molar-refractivity contribution in [1.29, 1.82) is 0 Å². The van der Waals surface area contributed by atoms with Crippen molar-refractivity contribution in [2.45, 2.75) is 49.6 Å². The maximum Gasteiger partial charge on any atom is 0.261 e. The van der Waals surface area contributed by atoms with Gasteiger partial charge in [-0.1, -0.05) is 42.5 Å². The Hall–Kier alpha value is -2.23. The van der Waals surface area contributed by atoms with Gasteiger partial charge >= 0.3 is 0 Å². The fourth-order valence-corrected chi connectivity index (χ4v) is 4.81. The van der Waals surface area contributed by atoms with Gasteiger partial charge in [0.2, 0.25) is 0 Å². The zero-order valence-corrected chi connectivity index (χ0v) is 17.7. The van der Waals surface area contributed by atoms with E-state index in [0.717, 1.165) is 5.56 Å². The average Bonchev–Trinajstić information content (AvgIpc) is 3.03. The number of carbonyl (C=O) groups is 2. The highest BCUT2D eigenvalue weighted by Crippen LogP contribution is 2.36. The molecule has 0 aromatic heterocycles. The Kier molecular flexibility index (Phi) is 5.58. The van der Waals surface area contributed by atoms with Gasteiger partial charge in [0.05, 0.1) is 30.4 Å². The summed E-state index contributed by atoms with van der Waals surface area (Å²) in [7, 11) is 0. The Morgan fingerprint density at radius 3 is 2.32 bits per heavy atom. The Morgan fingerprint density at radius 1 is 1.00 bits per heavy atom. The smallest absolute Gasteiger partial charge is 0.261 e. The summed E-state index contributed by atoms with van der Waals surface area (Å²) in [6.07, 6.45) is -2.08. The number of ether oxygens (including phenoxy) is 4. The molecule has 2 saturated heterocycles. The molecule has 2 fully saturated rings. The molecular formula is C23H22NO6S-. The van der Waals surface area contributed by atoms with E-state index in [1.807, 2.05) is 30.3 Å². The molecule has 3 aliphatic rings. The lowest BCUT2D eigenvalue weighted by atomic mass is 9.95. The van der Waals surface area contributed by atoms with E-state index in [2.05, 4.69) is 0 Å². The first-order chi connectivity index (χ1) is 15.0. The highest BCUT2D eigenvalue weighted by atomic mass is 32.1. The van der Waals surface area contributed by atoms with Gasteiger partial charge < -0.3 is 31.6 Å². The number of fused-ring (bicyclic) bond motifs is 2. The van der Waals surface area contributed by atoms with Gasteiger partial charge in [-0.2, -0.15) is 0 Å². The van der Waals surface area contributed by atoms with Crippen molar-refractivity contribution in [2.24, 2.45) is 0 Å². The maximum atomic E-state index is 13.2. The normalized spacial score (nSPS) is 32.6. The fourth-order valence-electron chi connectivity index (χ4n) is 4.39. The topological polar surface area (TPSA) is 74.3 Å². The van der Waals surface area contributed by atoms with Crippen LogP contribution in [0.3, 0.4) is 0 Å². The van der Waals surface area contributed by atoms with Crippen LogP contribution in [0.4, 0.5) is 0 Å². The molecule has 2 aromatic carbocycles. The van der Waals surface area contributed by atoms with E-state index in [1.54, 1.807) is 31.2 Å². The second kappa shape index (κ2) is 8.37. The van der Waals surface area contributed by atoms with Gasteiger partial charge in [-0.3, -0.25) is 14.5 Å². The number of carbonyl (C=O) groups excluding carboxylic acids is 2. The number of amides is 2. The van der Waals surface area contributed by atoms with Crippen LogP contribution in [0.25, 0.3) is 0 Å². The number of nitrogens with zero attached hydrogens (tertiary/aromatic N) is 1. The molecule has 0 aliphatic carbocycles. The van der Waals surface area contributed by atoms with Crippen molar-refractivity contribution >= 4 is 24.4 Å². The minimum absolute atomic E-state index is 0.287. The second-order valence-corrected chi connectivity index (χ2v) is 8.29. The first kappa shape index (κ1) is 20.7. The fraction of sp³-hybridized carbons (Fsp3) is 0.391. The van der Waals surface area contributed by atoms with E-state index in [1.165, 1.54) is 4.90 Å².